The fraction of sp³-hybridized carbons (Fsp3) is 0.714. The minimum Gasteiger partial charge on any atom is -0.497 e. The smallest absolute Gasteiger partial charge is 0.159 e. The molecule has 1 aliphatic rings. The Hall–Kier alpha value is -0.510. The summed E-state index contributed by atoms with van der Waals surface area (Å²) in [6.07, 6.45) is 3.07. The second-order valence-electron chi connectivity index (χ2n) is 2.68. The highest BCUT2D eigenvalue weighted by Gasteiger charge is 2.48. The molecule has 1 rings (SSSR count). The molecular formula is C7H12O3S. The number of hydrogen-bond acceptors (Lipinski definition) is 3. The molecule has 4 heteroatoms. The number of ether oxygens (including phenoxy) is 1. The van der Waals surface area contributed by atoms with E-state index in [2.05, 4.69) is 0 Å². The van der Waals surface area contributed by atoms with Gasteiger partial charge in [0.25, 0.3) is 0 Å². The van der Waals surface area contributed by atoms with E-state index in [-0.39, 0.29) is 17.1 Å². The molecule has 0 aromatic heterocycles. The van der Waals surface area contributed by atoms with Gasteiger partial charge in [-0.2, -0.15) is 0 Å². The largest absolute Gasteiger partial charge is 0.497 e. The highest BCUT2D eigenvalue weighted by molar-refractivity contribution is 7.99. The molecule has 0 aromatic carbocycles. The lowest BCUT2D eigenvalue weighted by molar-refractivity contribution is 0.168. The molecule has 11 heavy (non-hydrogen) atoms. The van der Waals surface area contributed by atoms with Crippen molar-refractivity contribution in [3.8, 4) is 0 Å². The first kappa shape index (κ1) is 8.59. The van der Waals surface area contributed by atoms with Gasteiger partial charge >= 0.3 is 0 Å². The molecule has 1 aliphatic heterocycles. The highest BCUT2D eigenvalue weighted by atomic mass is 32.2. The van der Waals surface area contributed by atoms with Crippen LogP contribution in [0.5, 0.6) is 0 Å². The zero-order valence-electron chi connectivity index (χ0n) is 6.65. The van der Waals surface area contributed by atoms with Gasteiger partial charge < -0.3 is 4.74 Å². The van der Waals surface area contributed by atoms with E-state index in [4.69, 9.17) is 4.74 Å². The second-order valence-corrected chi connectivity index (χ2v) is 4.94. The predicted octanol–water partition coefficient (Wildman–Crippen LogP) is 0.722. The highest BCUT2D eigenvalue weighted by Crippen LogP contribution is 2.26. The van der Waals surface area contributed by atoms with Crippen molar-refractivity contribution in [2.24, 2.45) is 0 Å². The summed E-state index contributed by atoms with van der Waals surface area (Å²) in [4.78, 5) is 0. The molecule has 3 nitrogen and oxygen atoms in total. The molecular weight excluding hydrogens is 164 g/mol. The first-order valence-corrected chi connectivity index (χ1v) is 5.27. The Morgan fingerprint density at radius 2 is 2.18 bits per heavy atom. The van der Waals surface area contributed by atoms with Gasteiger partial charge in [-0.15, -0.1) is 0 Å². The van der Waals surface area contributed by atoms with E-state index in [0.29, 0.717) is 0 Å². The molecule has 0 aromatic rings. The summed E-state index contributed by atoms with van der Waals surface area (Å²) in [7, 11) is -2.75. The van der Waals surface area contributed by atoms with E-state index >= 15 is 0 Å². The zero-order chi connectivity index (χ0) is 8.48. The van der Waals surface area contributed by atoms with Crippen molar-refractivity contribution in [2.45, 2.75) is 25.2 Å². The van der Waals surface area contributed by atoms with Crippen molar-refractivity contribution in [1.82, 2.24) is 0 Å². The third kappa shape index (κ3) is 1.96. The molecule has 0 N–H and O–H groups in total. The van der Waals surface area contributed by atoms with Crippen molar-refractivity contribution in [3.63, 3.8) is 0 Å². The van der Waals surface area contributed by atoms with Crippen LogP contribution in [0.1, 0.15) is 13.8 Å². The van der Waals surface area contributed by atoms with Crippen molar-refractivity contribution in [1.29, 1.82) is 0 Å². The number of rotatable bonds is 3. The van der Waals surface area contributed by atoms with Crippen LogP contribution in [0.3, 0.4) is 0 Å². The van der Waals surface area contributed by atoms with E-state index in [1.54, 1.807) is 13.0 Å². The van der Waals surface area contributed by atoms with Gasteiger partial charge in [0.05, 0.1) is 12.0 Å². The first-order valence-electron chi connectivity index (χ1n) is 3.56. The number of sulfone groups is 1. The summed E-state index contributed by atoms with van der Waals surface area (Å²) in [6, 6.07) is 0. The third-order valence-corrected chi connectivity index (χ3v) is 3.56. The quantitative estimate of drug-likeness (QED) is 0.470. The van der Waals surface area contributed by atoms with E-state index < -0.39 is 9.84 Å². The standard InChI is InChI=1S/C7H12O3S/c1-3-4-10-6(2)7-5-11(7,8)9/h3-4,6-7H,5H2,1-2H3/b4-3+. The minimum atomic E-state index is -2.75. The average molecular weight is 176 g/mol. The van der Waals surface area contributed by atoms with Crippen LogP contribution in [0.25, 0.3) is 0 Å². The topological polar surface area (TPSA) is 43.4 Å². The fourth-order valence-electron chi connectivity index (χ4n) is 0.907. The van der Waals surface area contributed by atoms with Crippen LogP contribution in [0, 0.1) is 0 Å². The maximum Gasteiger partial charge on any atom is 0.159 e. The Morgan fingerprint density at radius 3 is 2.55 bits per heavy atom. The first-order chi connectivity index (χ1) is 5.08. The summed E-state index contributed by atoms with van der Waals surface area (Å²) >= 11 is 0. The lowest BCUT2D eigenvalue weighted by atomic mass is 10.3. The van der Waals surface area contributed by atoms with Gasteiger partial charge in [-0.3, -0.25) is 0 Å². The number of hydrogen-bond donors (Lipinski definition) is 0. The summed E-state index contributed by atoms with van der Waals surface area (Å²) in [5, 5.41) is -0.265. The summed E-state index contributed by atoms with van der Waals surface area (Å²) in [5.74, 6) is 0.283. The maximum atomic E-state index is 10.8. The van der Waals surface area contributed by atoms with E-state index in [9.17, 15) is 8.42 Å². The van der Waals surface area contributed by atoms with Crippen LogP contribution >= 0.6 is 0 Å². The van der Waals surface area contributed by atoms with Crippen LogP contribution < -0.4 is 0 Å². The second kappa shape index (κ2) is 2.85. The SMILES string of the molecule is C/C=C/OC(C)C1CS1(=O)=O. The van der Waals surface area contributed by atoms with Crippen LogP contribution in [0.15, 0.2) is 12.3 Å². The van der Waals surface area contributed by atoms with Crippen molar-refractivity contribution in [3.05, 3.63) is 12.3 Å². The molecule has 1 heterocycles. The summed E-state index contributed by atoms with van der Waals surface area (Å²) in [5.41, 5.74) is 0. The van der Waals surface area contributed by atoms with Gasteiger partial charge in [-0.25, -0.2) is 8.42 Å². The van der Waals surface area contributed by atoms with Gasteiger partial charge in [-0.1, -0.05) is 6.08 Å². The van der Waals surface area contributed by atoms with Crippen molar-refractivity contribution in [2.75, 3.05) is 5.75 Å². The molecule has 2 atom stereocenters. The molecule has 1 saturated heterocycles. The van der Waals surface area contributed by atoms with Crippen molar-refractivity contribution >= 4 is 9.84 Å². The molecule has 0 bridgehead atoms. The molecule has 1 fully saturated rings. The van der Waals surface area contributed by atoms with E-state index in [1.165, 1.54) is 6.26 Å². The van der Waals surface area contributed by atoms with E-state index in [1.807, 2.05) is 6.92 Å². The third-order valence-electron chi connectivity index (χ3n) is 1.70. The van der Waals surface area contributed by atoms with Crippen LogP contribution in [-0.4, -0.2) is 25.5 Å². The predicted molar refractivity (Wildman–Crippen MR) is 42.9 cm³/mol. The van der Waals surface area contributed by atoms with Gasteiger partial charge in [0.2, 0.25) is 0 Å². The molecule has 0 aliphatic carbocycles. The molecule has 0 radical (unpaired) electrons. The Labute approximate surface area is 67.0 Å². The van der Waals surface area contributed by atoms with Gasteiger partial charge in [-0.05, 0) is 13.8 Å². The Kier molecular flexibility index (Phi) is 2.23. The Balaban J connectivity index is 2.40. The average Bonchev–Trinajstić information content (AvgIpc) is 2.55. The lowest BCUT2D eigenvalue weighted by Gasteiger charge is -2.06. The van der Waals surface area contributed by atoms with Crippen LogP contribution in [0.2, 0.25) is 0 Å². The molecule has 64 valence electrons. The van der Waals surface area contributed by atoms with Gasteiger partial charge in [0.1, 0.15) is 11.4 Å². The fourth-order valence-corrected chi connectivity index (χ4v) is 2.54. The van der Waals surface area contributed by atoms with E-state index in [0.717, 1.165) is 0 Å². The normalized spacial score (nSPS) is 30.2. The van der Waals surface area contributed by atoms with Gasteiger partial charge in [0, 0.05) is 0 Å². The molecule has 0 saturated carbocycles. The Morgan fingerprint density at radius 1 is 1.64 bits per heavy atom. The maximum absolute atomic E-state index is 10.8. The molecule has 2 unspecified atom stereocenters. The Bertz CT molecular complexity index is 253. The van der Waals surface area contributed by atoms with Gasteiger partial charge in [0.15, 0.2) is 9.84 Å². The minimum absolute atomic E-state index is 0.198. The lowest BCUT2D eigenvalue weighted by Crippen LogP contribution is -2.13. The van der Waals surface area contributed by atoms with Crippen LogP contribution in [-0.2, 0) is 14.6 Å². The molecule has 0 spiro atoms. The monoisotopic (exact) mass is 176 g/mol. The van der Waals surface area contributed by atoms with Crippen LogP contribution in [0.4, 0.5) is 0 Å². The summed E-state index contributed by atoms with van der Waals surface area (Å²) in [6.45, 7) is 3.60. The van der Waals surface area contributed by atoms with Crippen molar-refractivity contribution < 1.29 is 13.2 Å². The zero-order valence-corrected chi connectivity index (χ0v) is 7.47. The molecule has 0 amide bonds. The number of allylic oxidation sites excluding steroid dienone is 1. The summed E-state index contributed by atoms with van der Waals surface area (Å²) < 4.78 is 26.6.